The van der Waals surface area contributed by atoms with Gasteiger partial charge in [0.15, 0.2) is 0 Å². The molecule has 1 N–H and O–H groups in total. The summed E-state index contributed by atoms with van der Waals surface area (Å²) in [7, 11) is 2.11. The molecule has 1 aliphatic heterocycles. The van der Waals surface area contributed by atoms with Crippen LogP contribution in [0.4, 0.5) is 0 Å². The first-order valence-corrected chi connectivity index (χ1v) is 4.28. The maximum atomic E-state index is 3.94. The normalized spacial score (nSPS) is 25.6. The van der Waals surface area contributed by atoms with Crippen LogP contribution in [0.25, 0.3) is 0 Å². The average Bonchev–Trinajstić information content (AvgIpc) is 1.94. The molecular formula is C9H18N2. The molecule has 0 aromatic rings. The lowest BCUT2D eigenvalue weighted by molar-refractivity contribution is 0.185. The molecule has 1 atom stereocenters. The summed E-state index contributed by atoms with van der Waals surface area (Å²) in [6, 6.07) is 0.670. The average molecular weight is 154 g/mol. The Kier molecular flexibility index (Phi) is 2.42. The number of hydrogen-bond acceptors (Lipinski definition) is 2. The second-order valence-corrected chi connectivity index (χ2v) is 3.58. The van der Waals surface area contributed by atoms with E-state index in [2.05, 4.69) is 37.7 Å². The molecule has 1 heterocycles. The predicted octanol–water partition coefficient (Wildman–Crippen LogP) is 1.41. The first-order valence-electron chi connectivity index (χ1n) is 4.28. The molecule has 0 bridgehead atoms. The molecule has 64 valence electrons. The maximum absolute atomic E-state index is 3.94. The van der Waals surface area contributed by atoms with Crippen molar-refractivity contribution >= 4 is 0 Å². The van der Waals surface area contributed by atoms with Gasteiger partial charge < -0.3 is 10.2 Å². The Balaban J connectivity index is 2.58. The van der Waals surface area contributed by atoms with E-state index < -0.39 is 0 Å². The van der Waals surface area contributed by atoms with Gasteiger partial charge in [0.25, 0.3) is 0 Å². The fourth-order valence-corrected chi connectivity index (χ4v) is 1.66. The predicted molar refractivity (Wildman–Crippen MR) is 48.1 cm³/mol. The fraction of sp³-hybridized carbons (Fsp3) is 0.778. The van der Waals surface area contributed by atoms with Crippen molar-refractivity contribution in [2.45, 2.75) is 26.3 Å². The zero-order valence-electron chi connectivity index (χ0n) is 7.72. The highest BCUT2D eigenvalue weighted by Gasteiger charge is 2.22. The molecule has 2 nitrogen and oxygen atoms in total. The van der Waals surface area contributed by atoms with Gasteiger partial charge in [-0.3, -0.25) is 0 Å². The molecule has 1 aliphatic rings. The molecular weight excluding hydrogens is 136 g/mol. The van der Waals surface area contributed by atoms with Crippen LogP contribution in [0.3, 0.4) is 0 Å². The minimum atomic E-state index is 0.670. The third-order valence-corrected chi connectivity index (χ3v) is 2.46. The minimum absolute atomic E-state index is 0.670. The van der Waals surface area contributed by atoms with Crippen molar-refractivity contribution in [3.8, 4) is 0 Å². The van der Waals surface area contributed by atoms with Crippen LogP contribution >= 0.6 is 0 Å². The molecule has 0 aromatic heterocycles. The van der Waals surface area contributed by atoms with Gasteiger partial charge in [-0.05, 0) is 12.3 Å². The van der Waals surface area contributed by atoms with Crippen molar-refractivity contribution in [2.24, 2.45) is 5.92 Å². The molecule has 0 aromatic carbocycles. The largest absolute Gasteiger partial charge is 0.372 e. The molecule has 0 saturated carbocycles. The third-order valence-electron chi connectivity index (χ3n) is 2.46. The Morgan fingerprint density at radius 3 is 2.73 bits per heavy atom. The number of nitrogens with one attached hydrogen (secondary N) is 1. The van der Waals surface area contributed by atoms with E-state index in [-0.39, 0.29) is 0 Å². The SMILES string of the molecule is C=C1NCCC(C(C)C)N1C. The van der Waals surface area contributed by atoms with Crippen molar-refractivity contribution in [1.29, 1.82) is 0 Å². The quantitative estimate of drug-likeness (QED) is 0.614. The van der Waals surface area contributed by atoms with E-state index in [1.54, 1.807) is 0 Å². The molecule has 1 rings (SSSR count). The van der Waals surface area contributed by atoms with Crippen LogP contribution in [0.15, 0.2) is 12.4 Å². The molecule has 0 aliphatic carbocycles. The van der Waals surface area contributed by atoms with Gasteiger partial charge in [0.2, 0.25) is 0 Å². The molecule has 11 heavy (non-hydrogen) atoms. The smallest absolute Gasteiger partial charge is 0.0938 e. The van der Waals surface area contributed by atoms with Gasteiger partial charge in [-0.2, -0.15) is 0 Å². The Morgan fingerprint density at radius 1 is 1.64 bits per heavy atom. The van der Waals surface area contributed by atoms with Crippen LogP contribution in [0, 0.1) is 5.92 Å². The van der Waals surface area contributed by atoms with E-state index in [9.17, 15) is 0 Å². The molecule has 0 spiro atoms. The molecule has 1 fully saturated rings. The molecule has 1 unspecified atom stereocenters. The summed E-state index contributed by atoms with van der Waals surface area (Å²) in [5.74, 6) is 1.79. The highest BCUT2D eigenvalue weighted by atomic mass is 15.3. The fourth-order valence-electron chi connectivity index (χ4n) is 1.66. The van der Waals surface area contributed by atoms with Crippen molar-refractivity contribution in [2.75, 3.05) is 13.6 Å². The highest BCUT2D eigenvalue weighted by molar-refractivity contribution is 4.97. The minimum Gasteiger partial charge on any atom is -0.372 e. The first kappa shape index (κ1) is 8.44. The van der Waals surface area contributed by atoms with Crippen LogP contribution in [0.2, 0.25) is 0 Å². The van der Waals surface area contributed by atoms with Crippen molar-refractivity contribution in [1.82, 2.24) is 10.2 Å². The van der Waals surface area contributed by atoms with Crippen LogP contribution in [0.1, 0.15) is 20.3 Å². The summed E-state index contributed by atoms with van der Waals surface area (Å²) in [5, 5.41) is 3.25. The van der Waals surface area contributed by atoms with Gasteiger partial charge >= 0.3 is 0 Å². The van der Waals surface area contributed by atoms with Crippen molar-refractivity contribution in [3.63, 3.8) is 0 Å². The molecule has 0 amide bonds. The first-order chi connectivity index (χ1) is 5.13. The van der Waals surface area contributed by atoms with Crippen LogP contribution in [-0.2, 0) is 0 Å². The molecule has 0 radical (unpaired) electrons. The Morgan fingerprint density at radius 2 is 2.27 bits per heavy atom. The van der Waals surface area contributed by atoms with Gasteiger partial charge in [0, 0.05) is 19.6 Å². The lowest BCUT2D eigenvalue weighted by Gasteiger charge is -2.39. The van der Waals surface area contributed by atoms with Gasteiger partial charge in [0.05, 0.1) is 5.82 Å². The second kappa shape index (κ2) is 3.16. The van der Waals surface area contributed by atoms with Gasteiger partial charge in [-0.25, -0.2) is 0 Å². The van der Waals surface area contributed by atoms with Crippen LogP contribution in [-0.4, -0.2) is 24.5 Å². The Hall–Kier alpha value is -0.660. The maximum Gasteiger partial charge on any atom is 0.0938 e. The standard InChI is InChI=1S/C9H18N2/c1-7(2)9-5-6-10-8(3)11(9)4/h7,9-10H,3,5-6H2,1-2,4H3. The highest BCUT2D eigenvalue weighted by Crippen LogP contribution is 2.18. The van der Waals surface area contributed by atoms with E-state index in [4.69, 9.17) is 0 Å². The third kappa shape index (κ3) is 1.67. The summed E-state index contributed by atoms with van der Waals surface area (Å²) in [5.41, 5.74) is 0. The number of rotatable bonds is 1. The zero-order chi connectivity index (χ0) is 8.43. The van der Waals surface area contributed by atoms with E-state index in [0.29, 0.717) is 6.04 Å². The monoisotopic (exact) mass is 154 g/mol. The summed E-state index contributed by atoms with van der Waals surface area (Å²) in [4.78, 5) is 2.24. The second-order valence-electron chi connectivity index (χ2n) is 3.58. The summed E-state index contributed by atoms with van der Waals surface area (Å²) in [6.45, 7) is 9.55. The van der Waals surface area contributed by atoms with Crippen molar-refractivity contribution < 1.29 is 0 Å². The lowest BCUT2D eigenvalue weighted by Crippen LogP contribution is -2.46. The van der Waals surface area contributed by atoms with E-state index in [1.165, 1.54) is 6.42 Å². The zero-order valence-corrected chi connectivity index (χ0v) is 7.72. The van der Waals surface area contributed by atoms with Gasteiger partial charge in [-0.15, -0.1) is 0 Å². The van der Waals surface area contributed by atoms with E-state index in [1.807, 2.05) is 0 Å². The summed E-state index contributed by atoms with van der Waals surface area (Å²) in [6.07, 6.45) is 1.23. The summed E-state index contributed by atoms with van der Waals surface area (Å²) < 4.78 is 0. The van der Waals surface area contributed by atoms with Crippen LogP contribution in [0.5, 0.6) is 0 Å². The van der Waals surface area contributed by atoms with E-state index >= 15 is 0 Å². The number of hydrogen-bond donors (Lipinski definition) is 1. The van der Waals surface area contributed by atoms with Gasteiger partial charge in [-0.1, -0.05) is 20.4 Å². The van der Waals surface area contributed by atoms with Crippen LogP contribution < -0.4 is 5.32 Å². The van der Waals surface area contributed by atoms with E-state index in [0.717, 1.165) is 18.3 Å². The Bertz CT molecular complexity index is 152. The lowest BCUT2D eigenvalue weighted by atomic mass is 9.98. The Labute approximate surface area is 69.3 Å². The molecule has 2 heteroatoms. The number of nitrogens with zero attached hydrogens (tertiary/aromatic N) is 1. The van der Waals surface area contributed by atoms with Crippen molar-refractivity contribution in [3.05, 3.63) is 12.4 Å². The van der Waals surface area contributed by atoms with Gasteiger partial charge in [0.1, 0.15) is 0 Å². The summed E-state index contributed by atoms with van der Waals surface area (Å²) >= 11 is 0. The molecule has 1 saturated heterocycles. The topological polar surface area (TPSA) is 15.3 Å².